The van der Waals surface area contributed by atoms with Gasteiger partial charge in [-0.05, 0) is 60.9 Å². The Hall–Kier alpha value is -3.33. The zero-order chi connectivity index (χ0) is 24.4. The third-order valence-electron chi connectivity index (χ3n) is 7.14. The van der Waals surface area contributed by atoms with Gasteiger partial charge in [-0.1, -0.05) is 11.6 Å². The van der Waals surface area contributed by atoms with Gasteiger partial charge < -0.3 is 24.9 Å². The van der Waals surface area contributed by atoms with Gasteiger partial charge in [-0.15, -0.1) is 0 Å². The van der Waals surface area contributed by atoms with Crippen molar-refractivity contribution < 1.29 is 19.1 Å². The van der Waals surface area contributed by atoms with Crippen LogP contribution in [-0.2, 0) is 13.6 Å². The van der Waals surface area contributed by atoms with Gasteiger partial charge in [-0.2, -0.15) is 0 Å². The van der Waals surface area contributed by atoms with Crippen LogP contribution >= 0.6 is 11.6 Å². The summed E-state index contributed by atoms with van der Waals surface area (Å²) < 4.78 is 16.8. The van der Waals surface area contributed by atoms with Crippen LogP contribution in [-0.4, -0.2) is 39.2 Å². The Morgan fingerprint density at radius 3 is 2.62 bits per heavy atom. The van der Waals surface area contributed by atoms with Gasteiger partial charge in [0.05, 0.1) is 6.54 Å². The first-order valence-corrected chi connectivity index (χ1v) is 11.5. The van der Waals surface area contributed by atoms with Crippen molar-refractivity contribution in [3.63, 3.8) is 0 Å². The molecule has 5 rings (SSSR count). The van der Waals surface area contributed by atoms with Crippen LogP contribution < -0.4 is 16.2 Å². The van der Waals surface area contributed by atoms with Crippen LogP contribution in [0.15, 0.2) is 29.1 Å². The molecule has 1 saturated carbocycles. The smallest absolute Gasteiger partial charge is 0.340 e. The van der Waals surface area contributed by atoms with E-state index in [1.165, 1.54) is 31.3 Å². The molecule has 1 aliphatic heterocycles. The van der Waals surface area contributed by atoms with E-state index in [0.29, 0.717) is 29.5 Å². The van der Waals surface area contributed by atoms with Gasteiger partial charge in [0.25, 0.3) is 11.5 Å². The van der Waals surface area contributed by atoms with Crippen LogP contribution in [0.4, 0.5) is 10.2 Å². The number of pyridine rings is 1. The van der Waals surface area contributed by atoms with Gasteiger partial charge in [0.15, 0.2) is 0 Å². The second-order valence-corrected chi connectivity index (χ2v) is 9.78. The summed E-state index contributed by atoms with van der Waals surface area (Å²) in [6, 6.07) is 5.30. The van der Waals surface area contributed by atoms with Crippen molar-refractivity contribution in [1.29, 1.82) is 0 Å². The second-order valence-electron chi connectivity index (χ2n) is 9.37. The molecule has 1 saturated heterocycles. The molecule has 1 aromatic carbocycles. The number of benzene rings is 1. The lowest BCUT2D eigenvalue weighted by Crippen LogP contribution is -2.38. The third kappa shape index (κ3) is 3.55. The lowest BCUT2D eigenvalue weighted by Gasteiger charge is -2.35. The molecular formula is C24H24ClFN4O4. The van der Waals surface area contributed by atoms with Gasteiger partial charge in [-0.3, -0.25) is 9.59 Å². The molecule has 0 atom stereocenters. The number of amides is 1. The maximum atomic E-state index is 14.1. The number of aromatic nitrogens is 2. The fourth-order valence-electron chi connectivity index (χ4n) is 5.24. The number of anilines is 1. The molecule has 34 heavy (non-hydrogen) atoms. The van der Waals surface area contributed by atoms with E-state index in [4.69, 9.17) is 17.3 Å². The van der Waals surface area contributed by atoms with E-state index >= 15 is 0 Å². The maximum Gasteiger partial charge on any atom is 0.340 e. The molecule has 0 unspecified atom stereocenters. The number of carbonyl (C=O) groups excluding carboxylic acids is 1. The lowest BCUT2D eigenvalue weighted by atomic mass is 9.95. The number of nitrogens with two attached hydrogens (primary N) is 1. The summed E-state index contributed by atoms with van der Waals surface area (Å²) in [5.41, 5.74) is 5.43. The molecule has 1 amide bonds. The van der Waals surface area contributed by atoms with Crippen molar-refractivity contribution in [3.05, 3.63) is 62.3 Å². The number of carbonyl (C=O) groups is 2. The summed E-state index contributed by atoms with van der Waals surface area (Å²) in [7, 11) is 1.41. The van der Waals surface area contributed by atoms with E-state index < -0.39 is 23.3 Å². The summed E-state index contributed by atoms with van der Waals surface area (Å²) in [4.78, 5) is 40.0. The first-order chi connectivity index (χ1) is 16.1. The second kappa shape index (κ2) is 7.87. The van der Waals surface area contributed by atoms with E-state index in [9.17, 15) is 23.9 Å². The molecule has 3 heterocycles. The highest BCUT2D eigenvalue weighted by molar-refractivity contribution is 6.31. The number of aromatic carboxylic acids is 1. The van der Waals surface area contributed by atoms with Crippen molar-refractivity contribution in [2.75, 3.05) is 18.0 Å². The SMILES string of the molecule is Cn1c(C(N)=O)cc2c(C(=O)O)c(N3CCCC4(CC4)C3)n(Cc3cc(F)ccc3Cl)c2c1=O. The van der Waals surface area contributed by atoms with Crippen LogP contribution in [0.2, 0.25) is 5.02 Å². The number of carboxylic acid groups (broad SMARTS) is 1. The number of primary amides is 1. The van der Waals surface area contributed by atoms with Crippen molar-refractivity contribution >= 4 is 40.2 Å². The Morgan fingerprint density at radius 1 is 1.24 bits per heavy atom. The van der Waals surface area contributed by atoms with Gasteiger partial charge in [0, 0.05) is 30.5 Å². The monoisotopic (exact) mass is 486 g/mol. The number of fused-ring (bicyclic) bond motifs is 1. The standard InChI is InChI=1S/C24H24ClFN4O4/c1-28-17(20(27)31)10-15-18(23(33)34)21(29-8-2-5-24(12-29)6-7-24)30(19(15)22(28)32)11-13-9-14(26)3-4-16(13)25/h3-4,9-10H,2,5-8,11-12H2,1H3,(H2,27,31)(H,33,34). The van der Waals surface area contributed by atoms with Crippen molar-refractivity contribution in [2.45, 2.75) is 32.2 Å². The Labute approximate surface area is 199 Å². The van der Waals surface area contributed by atoms with Crippen LogP contribution in [0.5, 0.6) is 0 Å². The highest BCUT2D eigenvalue weighted by Crippen LogP contribution is 2.53. The molecule has 2 aliphatic rings. The molecule has 3 N–H and O–H groups in total. The van der Waals surface area contributed by atoms with Gasteiger partial charge >= 0.3 is 5.97 Å². The summed E-state index contributed by atoms with van der Waals surface area (Å²) in [6.07, 6.45) is 4.13. The number of carboxylic acids is 1. The predicted octanol–water partition coefficient (Wildman–Crippen LogP) is 3.36. The number of nitrogens with zero attached hydrogens (tertiary/aromatic N) is 3. The summed E-state index contributed by atoms with van der Waals surface area (Å²) >= 11 is 6.34. The average Bonchev–Trinajstić information content (AvgIpc) is 3.43. The molecule has 0 radical (unpaired) electrons. The van der Waals surface area contributed by atoms with Crippen molar-refractivity contribution in [3.8, 4) is 0 Å². The number of hydrogen-bond donors (Lipinski definition) is 2. The lowest BCUT2D eigenvalue weighted by molar-refractivity contribution is 0.0699. The quantitative estimate of drug-likeness (QED) is 0.574. The molecule has 178 valence electrons. The molecule has 2 fully saturated rings. The fourth-order valence-corrected chi connectivity index (χ4v) is 5.41. The molecular weight excluding hydrogens is 463 g/mol. The number of hydrogen-bond acceptors (Lipinski definition) is 4. The minimum absolute atomic E-state index is 0.00956. The molecule has 0 bridgehead atoms. The summed E-state index contributed by atoms with van der Waals surface area (Å²) in [5.74, 6) is -2.18. The molecule has 2 aromatic heterocycles. The molecule has 1 aliphatic carbocycles. The van der Waals surface area contributed by atoms with Crippen molar-refractivity contribution in [2.24, 2.45) is 18.2 Å². The largest absolute Gasteiger partial charge is 0.478 e. The normalized spacial score (nSPS) is 16.9. The van der Waals surface area contributed by atoms with Crippen LogP contribution in [0.1, 0.15) is 52.1 Å². The Bertz CT molecular complexity index is 1420. The Kier molecular flexibility index (Phi) is 5.20. The van der Waals surface area contributed by atoms with E-state index in [0.717, 1.165) is 30.3 Å². The average molecular weight is 487 g/mol. The number of halogens is 2. The summed E-state index contributed by atoms with van der Waals surface area (Å²) in [6.45, 7) is 1.28. The predicted molar refractivity (Wildman–Crippen MR) is 126 cm³/mol. The Balaban J connectivity index is 1.83. The zero-order valence-corrected chi connectivity index (χ0v) is 19.4. The van der Waals surface area contributed by atoms with E-state index in [1.807, 2.05) is 4.90 Å². The van der Waals surface area contributed by atoms with Crippen LogP contribution in [0, 0.1) is 11.2 Å². The van der Waals surface area contributed by atoms with Gasteiger partial charge in [-0.25, -0.2) is 9.18 Å². The summed E-state index contributed by atoms with van der Waals surface area (Å²) in [5, 5.41) is 10.7. The highest BCUT2D eigenvalue weighted by Gasteiger charge is 2.46. The zero-order valence-electron chi connectivity index (χ0n) is 18.6. The molecule has 3 aromatic rings. The minimum atomic E-state index is -1.22. The molecule has 8 nitrogen and oxygen atoms in total. The van der Waals surface area contributed by atoms with E-state index in [1.54, 1.807) is 4.57 Å². The van der Waals surface area contributed by atoms with Gasteiger partial charge in [0.1, 0.15) is 28.4 Å². The highest BCUT2D eigenvalue weighted by atomic mass is 35.5. The van der Waals surface area contributed by atoms with Gasteiger partial charge in [0.2, 0.25) is 0 Å². The minimum Gasteiger partial charge on any atom is -0.478 e. The third-order valence-corrected chi connectivity index (χ3v) is 7.51. The number of piperidine rings is 1. The molecule has 1 spiro atoms. The maximum absolute atomic E-state index is 14.1. The first-order valence-electron chi connectivity index (χ1n) is 11.1. The number of rotatable bonds is 5. The Morgan fingerprint density at radius 2 is 1.97 bits per heavy atom. The topological polar surface area (TPSA) is 111 Å². The molecule has 10 heteroatoms. The van der Waals surface area contributed by atoms with E-state index in [-0.39, 0.29) is 34.1 Å². The first kappa shape index (κ1) is 22.5. The van der Waals surface area contributed by atoms with Crippen molar-refractivity contribution in [1.82, 2.24) is 9.13 Å². The fraction of sp³-hybridized carbons (Fsp3) is 0.375. The van der Waals surface area contributed by atoms with Crippen LogP contribution in [0.25, 0.3) is 10.9 Å². The van der Waals surface area contributed by atoms with E-state index in [2.05, 4.69) is 0 Å². The van der Waals surface area contributed by atoms with Crippen LogP contribution in [0.3, 0.4) is 0 Å².